The molecule has 1 fully saturated rings. The molecule has 8 heteroatoms. The molecule has 0 unspecified atom stereocenters. The molecule has 0 spiro atoms. The third-order valence-electron chi connectivity index (χ3n) is 6.28. The van der Waals surface area contributed by atoms with Crippen LogP contribution in [-0.2, 0) is 24.2 Å². The van der Waals surface area contributed by atoms with Gasteiger partial charge < -0.3 is 9.47 Å². The van der Waals surface area contributed by atoms with Gasteiger partial charge in [0.2, 0.25) is 5.91 Å². The number of carbonyl (C=O) groups excluding carboxylic acids is 1. The van der Waals surface area contributed by atoms with Crippen LogP contribution in [0.25, 0.3) is 10.8 Å². The minimum atomic E-state index is -0.230. The molecule has 7 nitrogen and oxygen atoms in total. The second-order valence-corrected chi connectivity index (χ2v) is 9.02. The monoisotopic (exact) mass is 447 g/mol. The van der Waals surface area contributed by atoms with Gasteiger partial charge in [0.1, 0.15) is 5.82 Å². The number of likely N-dealkylation sites (tertiary alicyclic amines) is 1. The number of piperidine rings is 1. The molecule has 5 rings (SSSR count). The van der Waals surface area contributed by atoms with Crippen molar-refractivity contribution in [2.75, 3.05) is 13.1 Å². The number of thiophene rings is 1. The largest absolute Gasteiger partial charge is 0.342 e. The maximum Gasteiger partial charge on any atom is 0.272 e. The normalized spacial score (nSPS) is 14.8. The van der Waals surface area contributed by atoms with Gasteiger partial charge in [0.25, 0.3) is 5.56 Å². The summed E-state index contributed by atoms with van der Waals surface area (Å²) in [5, 5.41) is 12.3. The third-order valence-corrected chi connectivity index (χ3v) is 7.01. The first-order valence-corrected chi connectivity index (χ1v) is 11.9. The summed E-state index contributed by atoms with van der Waals surface area (Å²) in [6.45, 7) is 2.35. The zero-order chi connectivity index (χ0) is 21.9. The minimum absolute atomic E-state index is 0.0500. The van der Waals surface area contributed by atoms with Crippen molar-refractivity contribution < 1.29 is 4.79 Å². The van der Waals surface area contributed by atoms with Gasteiger partial charge in [-0.05, 0) is 47.7 Å². The summed E-state index contributed by atoms with van der Waals surface area (Å²) in [7, 11) is 0. The molecule has 32 heavy (non-hydrogen) atoms. The lowest BCUT2D eigenvalue weighted by Crippen LogP contribution is -2.39. The smallest absolute Gasteiger partial charge is 0.272 e. The molecule has 1 aromatic carbocycles. The Hall–Kier alpha value is -3.26. The number of hydrogen-bond donors (Lipinski definition) is 1. The van der Waals surface area contributed by atoms with Gasteiger partial charge in [-0.2, -0.15) is 16.4 Å². The Bertz CT molecular complexity index is 1270. The SMILES string of the molecule is O=C(Cc1n[nH]c(=O)c2ccccc12)N1CCC(c2nccn2CCc2ccsc2)CC1. The standard InChI is InChI=1S/C24H25N5O2S/c30-22(15-21-19-3-1-2-4-20(19)24(31)27-26-21)28-11-6-18(7-12-28)23-25-9-13-29(23)10-5-17-8-14-32-16-17/h1-4,8-9,13-14,16,18H,5-7,10-12,15H2,(H,27,31). The van der Waals surface area contributed by atoms with Gasteiger partial charge in [-0.3, -0.25) is 9.59 Å². The second-order valence-electron chi connectivity index (χ2n) is 8.24. The second kappa shape index (κ2) is 9.08. The number of benzene rings is 1. The van der Waals surface area contributed by atoms with Crippen LogP contribution in [0.1, 0.15) is 35.8 Å². The Morgan fingerprint density at radius 3 is 2.75 bits per heavy atom. The summed E-state index contributed by atoms with van der Waals surface area (Å²) >= 11 is 1.73. The molecule has 4 aromatic rings. The molecule has 1 aliphatic rings. The van der Waals surface area contributed by atoms with Crippen LogP contribution in [0.4, 0.5) is 0 Å². The van der Waals surface area contributed by atoms with Gasteiger partial charge in [0, 0.05) is 43.3 Å². The van der Waals surface area contributed by atoms with Crippen LogP contribution in [0.2, 0.25) is 0 Å². The number of amides is 1. The fourth-order valence-electron chi connectivity index (χ4n) is 4.50. The Balaban J connectivity index is 1.21. The number of imidazole rings is 1. The van der Waals surface area contributed by atoms with E-state index in [0.29, 0.717) is 30.1 Å². The van der Waals surface area contributed by atoms with Crippen molar-refractivity contribution in [3.8, 4) is 0 Å². The van der Waals surface area contributed by atoms with E-state index in [1.54, 1.807) is 17.4 Å². The molecule has 164 valence electrons. The number of aromatic nitrogens is 4. The highest BCUT2D eigenvalue weighted by Crippen LogP contribution is 2.28. The number of hydrogen-bond acceptors (Lipinski definition) is 5. The summed E-state index contributed by atoms with van der Waals surface area (Å²) < 4.78 is 2.26. The number of rotatable bonds is 6. The molecule has 0 saturated carbocycles. The predicted octanol–water partition coefficient (Wildman–Crippen LogP) is 3.37. The Morgan fingerprint density at radius 1 is 1.16 bits per heavy atom. The number of nitrogens with zero attached hydrogens (tertiary/aromatic N) is 4. The van der Waals surface area contributed by atoms with E-state index in [2.05, 4.69) is 42.8 Å². The maximum atomic E-state index is 13.0. The van der Waals surface area contributed by atoms with Crippen LogP contribution < -0.4 is 5.56 Å². The average Bonchev–Trinajstić information content (AvgIpc) is 3.52. The average molecular weight is 448 g/mol. The van der Waals surface area contributed by atoms with Gasteiger partial charge in [-0.25, -0.2) is 10.1 Å². The van der Waals surface area contributed by atoms with E-state index in [-0.39, 0.29) is 17.9 Å². The molecule has 1 N–H and O–H groups in total. The maximum absolute atomic E-state index is 13.0. The van der Waals surface area contributed by atoms with Crippen molar-refractivity contribution in [1.29, 1.82) is 0 Å². The molecule has 4 heterocycles. The first kappa shape index (κ1) is 20.6. The quantitative estimate of drug-likeness (QED) is 0.491. The number of H-pyrrole nitrogens is 1. The van der Waals surface area contributed by atoms with Crippen LogP contribution in [0.5, 0.6) is 0 Å². The lowest BCUT2D eigenvalue weighted by molar-refractivity contribution is -0.131. The van der Waals surface area contributed by atoms with Gasteiger partial charge in [-0.15, -0.1) is 0 Å². The van der Waals surface area contributed by atoms with Crippen LogP contribution >= 0.6 is 11.3 Å². The zero-order valence-corrected chi connectivity index (χ0v) is 18.6. The first-order chi connectivity index (χ1) is 15.7. The van der Waals surface area contributed by atoms with Gasteiger partial charge >= 0.3 is 0 Å². The lowest BCUT2D eigenvalue weighted by atomic mass is 9.95. The Labute approximate surface area is 189 Å². The molecular formula is C24H25N5O2S. The first-order valence-electron chi connectivity index (χ1n) is 10.9. The van der Waals surface area contributed by atoms with Gasteiger partial charge in [0.05, 0.1) is 17.5 Å². The Kier molecular flexibility index (Phi) is 5.85. The predicted molar refractivity (Wildman–Crippen MR) is 125 cm³/mol. The summed E-state index contributed by atoms with van der Waals surface area (Å²) in [5.41, 5.74) is 1.75. The van der Waals surface area contributed by atoms with Crippen molar-refractivity contribution >= 4 is 28.0 Å². The Morgan fingerprint density at radius 2 is 1.97 bits per heavy atom. The van der Waals surface area contributed by atoms with E-state index in [1.807, 2.05) is 29.3 Å². The molecular weight excluding hydrogens is 422 g/mol. The molecule has 1 aliphatic heterocycles. The molecule has 1 saturated heterocycles. The highest BCUT2D eigenvalue weighted by atomic mass is 32.1. The number of aromatic amines is 1. The fraction of sp³-hybridized carbons (Fsp3) is 0.333. The highest BCUT2D eigenvalue weighted by molar-refractivity contribution is 7.07. The summed E-state index contributed by atoms with van der Waals surface area (Å²) in [6, 6.07) is 9.46. The van der Waals surface area contributed by atoms with Crippen molar-refractivity contribution in [1.82, 2.24) is 24.6 Å². The molecule has 0 bridgehead atoms. The van der Waals surface area contributed by atoms with Gasteiger partial charge in [-0.1, -0.05) is 18.2 Å². The van der Waals surface area contributed by atoms with Crippen molar-refractivity contribution in [3.05, 3.63) is 80.9 Å². The number of fused-ring (bicyclic) bond motifs is 1. The number of aryl methyl sites for hydroxylation is 2. The lowest BCUT2D eigenvalue weighted by Gasteiger charge is -2.32. The molecule has 0 radical (unpaired) electrons. The minimum Gasteiger partial charge on any atom is -0.342 e. The number of nitrogens with one attached hydrogen (secondary N) is 1. The van der Waals surface area contributed by atoms with E-state index in [1.165, 1.54) is 5.56 Å². The zero-order valence-electron chi connectivity index (χ0n) is 17.7. The van der Waals surface area contributed by atoms with E-state index < -0.39 is 0 Å². The summed E-state index contributed by atoms with van der Waals surface area (Å²) in [5.74, 6) is 1.54. The van der Waals surface area contributed by atoms with Crippen molar-refractivity contribution in [2.24, 2.45) is 0 Å². The molecule has 0 aliphatic carbocycles. The van der Waals surface area contributed by atoms with Crippen LogP contribution in [0.3, 0.4) is 0 Å². The van der Waals surface area contributed by atoms with Crippen LogP contribution in [0.15, 0.2) is 58.3 Å². The third kappa shape index (κ3) is 4.23. The number of carbonyl (C=O) groups is 1. The van der Waals surface area contributed by atoms with Crippen LogP contribution in [-0.4, -0.2) is 43.6 Å². The molecule has 0 atom stereocenters. The summed E-state index contributed by atoms with van der Waals surface area (Å²) in [6.07, 6.45) is 6.95. The van der Waals surface area contributed by atoms with Crippen LogP contribution in [0, 0.1) is 0 Å². The summed E-state index contributed by atoms with van der Waals surface area (Å²) in [4.78, 5) is 31.5. The van der Waals surface area contributed by atoms with E-state index in [9.17, 15) is 9.59 Å². The van der Waals surface area contributed by atoms with Crippen molar-refractivity contribution in [2.45, 2.75) is 38.1 Å². The van der Waals surface area contributed by atoms with Crippen molar-refractivity contribution in [3.63, 3.8) is 0 Å². The highest BCUT2D eigenvalue weighted by Gasteiger charge is 2.27. The van der Waals surface area contributed by atoms with E-state index in [4.69, 9.17) is 0 Å². The van der Waals surface area contributed by atoms with E-state index >= 15 is 0 Å². The molecule has 1 amide bonds. The topological polar surface area (TPSA) is 83.9 Å². The van der Waals surface area contributed by atoms with Gasteiger partial charge in [0.15, 0.2) is 0 Å². The molecule has 3 aromatic heterocycles. The van der Waals surface area contributed by atoms with E-state index in [0.717, 1.165) is 37.0 Å². The fourth-order valence-corrected chi connectivity index (χ4v) is 5.21.